The van der Waals surface area contributed by atoms with Crippen LogP contribution >= 0.6 is 0 Å². The summed E-state index contributed by atoms with van der Waals surface area (Å²) in [7, 11) is -3.71. The summed E-state index contributed by atoms with van der Waals surface area (Å²) in [5.41, 5.74) is 8.25. The lowest BCUT2D eigenvalue weighted by molar-refractivity contribution is -0.121. The minimum atomic E-state index is -3.71. The molecule has 1 fully saturated rings. The number of hydrogen-bond donors (Lipinski definition) is 4. The van der Waals surface area contributed by atoms with Crippen LogP contribution in [0.1, 0.15) is 37.7 Å². The van der Waals surface area contributed by atoms with Crippen molar-refractivity contribution in [2.24, 2.45) is 11.7 Å². The highest BCUT2D eigenvalue weighted by atomic mass is 32.2. The van der Waals surface area contributed by atoms with Crippen molar-refractivity contribution in [1.82, 2.24) is 15.3 Å². The van der Waals surface area contributed by atoms with Crippen LogP contribution in [0, 0.1) is 5.92 Å². The SMILES string of the molecule is CC1(C)C(CN)CC(C(=O)NC(Cc2ccc(O)cc2)c2nc3ccccc3[nH]2)S1(=O)=O. The maximum atomic E-state index is 13.2. The first-order chi connectivity index (χ1) is 15.1. The normalized spacial score (nSPS) is 22.6. The van der Waals surface area contributed by atoms with E-state index in [1.54, 1.807) is 38.1 Å². The smallest absolute Gasteiger partial charge is 0.238 e. The summed E-state index contributed by atoms with van der Waals surface area (Å²) >= 11 is 0. The van der Waals surface area contributed by atoms with Crippen LogP contribution in [0.4, 0.5) is 0 Å². The molecule has 9 heteroatoms. The first kappa shape index (κ1) is 22.3. The monoisotopic (exact) mass is 456 g/mol. The Morgan fingerprint density at radius 3 is 2.56 bits per heavy atom. The molecular formula is C23H28N4O4S. The molecule has 3 atom stereocenters. The largest absolute Gasteiger partial charge is 0.508 e. The summed E-state index contributed by atoms with van der Waals surface area (Å²) in [6, 6.07) is 13.6. The molecule has 2 aromatic carbocycles. The van der Waals surface area contributed by atoms with Gasteiger partial charge in [0.2, 0.25) is 5.91 Å². The minimum absolute atomic E-state index is 0.144. The predicted molar refractivity (Wildman–Crippen MR) is 123 cm³/mol. The van der Waals surface area contributed by atoms with Gasteiger partial charge in [0, 0.05) is 0 Å². The number of nitrogens with zero attached hydrogens (tertiary/aromatic N) is 1. The number of hydrogen-bond acceptors (Lipinski definition) is 6. The zero-order valence-corrected chi connectivity index (χ0v) is 18.9. The highest BCUT2D eigenvalue weighted by Crippen LogP contribution is 2.41. The Morgan fingerprint density at radius 2 is 1.94 bits per heavy atom. The van der Waals surface area contributed by atoms with E-state index in [0.29, 0.717) is 12.2 Å². The van der Waals surface area contributed by atoms with Gasteiger partial charge in [-0.2, -0.15) is 0 Å². The van der Waals surface area contributed by atoms with Gasteiger partial charge in [0.15, 0.2) is 9.84 Å². The van der Waals surface area contributed by atoms with E-state index < -0.39 is 31.8 Å². The number of carbonyl (C=O) groups is 1. The Labute approximate surface area is 187 Å². The van der Waals surface area contributed by atoms with E-state index in [1.807, 2.05) is 24.3 Å². The second kappa shape index (κ2) is 8.22. The molecular weight excluding hydrogens is 428 g/mol. The van der Waals surface area contributed by atoms with Crippen LogP contribution in [0.2, 0.25) is 0 Å². The Kier molecular flexibility index (Phi) is 5.72. The number of fused-ring (bicyclic) bond motifs is 1. The maximum Gasteiger partial charge on any atom is 0.238 e. The lowest BCUT2D eigenvalue weighted by Gasteiger charge is -2.24. The van der Waals surface area contributed by atoms with Gasteiger partial charge in [-0.1, -0.05) is 24.3 Å². The molecule has 5 N–H and O–H groups in total. The average Bonchev–Trinajstić information content (AvgIpc) is 3.26. The Morgan fingerprint density at radius 1 is 1.25 bits per heavy atom. The molecule has 0 bridgehead atoms. The van der Waals surface area contributed by atoms with E-state index in [1.165, 1.54) is 0 Å². The number of phenolic OH excluding ortho intramolecular Hbond substituents is 1. The molecule has 0 spiro atoms. The summed E-state index contributed by atoms with van der Waals surface area (Å²) in [4.78, 5) is 21.1. The van der Waals surface area contributed by atoms with Crippen LogP contribution in [0.5, 0.6) is 5.75 Å². The molecule has 0 radical (unpaired) electrons. The third-order valence-electron chi connectivity index (χ3n) is 6.60. The summed E-state index contributed by atoms with van der Waals surface area (Å²) < 4.78 is 25.2. The van der Waals surface area contributed by atoms with Gasteiger partial charge in [-0.25, -0.2) is 13.4 Å². The summed E-state index contributed by atoms with van der Waals surface area (Å²) in [6.07, 6.45) is 0.575. The highest BCUT2D eigenvalue weighted by molar-refractivity contribution is 7.94. The molecule has 3 aromatic rings. The number of nitrogens with two attached hydrogens (primary N) is 1. The number of aromatic amines is 1. The van der Waals surface area contributed by atoms with Crippen LogP contribution in [0.15, 0.2) is 48.5 Å². The molecule has 1 amide bonds. The van der Waals surface area contributed by atoms with Crippen molar-refractivity contribution in [3.05, 3.63) is 59.9 Å². The van der Waals surface area contributed by atoms with E-state index in [9.17, 15) is 18.3 Å². The van der Waals surface area contributed by atoms with Gasteiger partial charge < -0.3 is 21.1 Å². The molecule has 1 aliphatic rings. The fourth-order valence-electron chi connectivity index (χ4n) is 4.38. The number of aromatic nitrogens is 2. The molecule has 1 aromatic heterocycles. The van der Waals surface area contributed by atoms with Gasteiger partial charge in [-0.3, -0.25) is 4.79 Å². The second-order valence-electron chi connectivity index (χ2n) is 8.88. The van der Waals surface area contributed by atoms with Crippen molar-refractivity contribution >= 4 is 26.8 Å². The fraction of sp³-hybridized carbons (Fsp3) is 0.391. The van der Waals surface area contributed by atoms with E-state index in [2.05, 4.69) is 15.3 Å². The molecule has 4 rings (SSSR count). The number of H-pyrrole nitrogens is 1. The number of sulfone groups is 1. The number of phenols is 1. The summed E-state index contributed by atoms with van der Waals surface area (Å²) in [5.74, 6) is -0.147. The second-order valence-corrected chi connectivity index (χ2v) is 11.6. The van der Waals surface area contributed by atoms with Crippen molar-refractivity contribution in [2.75, 3.05) is 6.54 Å². The van der Waals surface area contributed by atoms with Crippen LogP contribution in [-0.2, 0) is 21.1 Å². The molecule has 3 unspecified atom stereocenters. The van der Waals surface area contributed by atoms with Gasteiger partial charge in [-0.05, 0) is 69.0 Å². The minimum Gasteiger partial charge on any atom is -0.508 e. The van der Waals surface area contributed by atoms with Gasteiger partial charge in [0.25, 0.3) is 0 Å². The highest BCUT2D eigenvalue weighted by Gasteiger charge is 2.56. The van der Waals surface area contributed by atoms with E-state index >= 15 is 0 Å². The Bertz CT molecular complexity index is 1200. The maximum absolute atomic E-state index is 13.2. The number of rotatable bonds is 6. The van der Waals surface area contributed by atoms with Gasteiger partial charge in [0.05, 0.1) is 21.8 Å². The number of benzene rings is 2. The number of nitrogens with one attached hydrogen (secondary N) is 2. The van der Waals surface area contributed by atoms with Crippen LogP contribution < -0.4 is 11.1 Å². The predicted octanol–water partition coefficient (Wildman–Crippen LogP) is 2.21. The summed E-state index contributed by atoms with van der Waals surface area (Å²) in [5, 5.41) is 11.3. The molecule has 1 aliphatic heterocycles. The van der Waals surface area contributed by atoms with Gasteiger partial charge in [-0.15, -0.1) is 0 Å². The van der Waals surface area contributed by atoms with Crippen molar-refractivity contribution in [3.63, 3.8) is 0 Å². The van der Waals surface area contributed by atoms with Crippen molar-refractivity contribution in [3.8, 4) is 5.75 Å². The van der Waals surface area contributed by atoms with Gasteiger partial charge >= 0.3 is 0 Å². The number of imidazole rings is 1. The van der Waals surface area contributed by atoms with Crippen LogP contribution in [0.25, 0.3) is 11.0 Å². The van der Waals surface area contributed by atoms with Gasteiger partial charge in [0.1, 0.15) is 16.8 Å². The van der Waals surface area contributed by atoms with E-state index in [4.69, 9.17) is 5.73 Å². The Hall–Kier alpha value is -2.91. The van der Waals surface area contributed by atoms with Crippen LogP contribution in [-0.4, -0.2) is 45.9 Å². The number of para-hydroxylation sites is 2. The zero-order chi connectivity index (χ0) is 23.1. The number of carbonyl (C=O) groups excluding carboxylic acids is 1. The standard InChI is InChI=1S/C23H28N4O4S/c1-23(2)15(13-24)12-20(32(23,30)31)22(29)27-19(11-14-7-9-16(28)10-8-14)21-25-17-5-3-4-6-18(17)26-21/h3-10,15,19-20,28H,11-13,24H2,1-2H3,(H,25,26)(H,27,29). The average molecular weight is 457 g/mol. The summed E-state index contributed by atoms with van der Waals surface area (Å²) in [6.45, 7) is 3.48. The third kappa shape index (κ3) is 3.86. The molecule has 0 aliphatic carbocycles. The van der Waals surface area contributed by atoms with Crippen molar-refractivity contribution < 1.29 is 18.3 Å². The zero-order valence-electron chi connectivity index (χ0n) is 18.1. The molecule has 1 saturated heterocycles. The first-order valence-electron chi connectivity index (χ1n) is 10.6. The molecule has 170 valence electrons. The topological polar surface area (TPSA) is 138 Å². The Balaban J connectivity index is 1.65. The van der Waals surface area contributed by atoms with E-state index in [0.717, 1.165) is 16.6 Å². The van der Waals surface area contributed by atoms with Crippen LogP contribution in [0.3, 0.4) is 0 Å². The lowest BCUT2D eigenvalue weighted by Crippen LogP contribution is -2.44. The molecule has 32 heavy (non-hydrogen) atoms. The first-order valence-corrected chi connectivity index (χ1v) is 12.1. The van der Waals surface area contributed by atoms with Crippen molar-refractivity contribution in [1.29, 1.82) is 0 Å². The third-order valence-corrected chi connectivity index (χ3v) is 9.55. The van der Waals surface area contributed by atoms with E-state index in [-0.39, 0.29) is 24.6 Å². The van der Waals surface area contributed by atoms with Crippen molar-refractivity contribution in [2.45, 2.75) is 42.7 Å². The number of aromatic hydroxyl groups is 1. The quantitative estimate of drug-likeness (QED) is 0.449. The molecule has 2 heterocycles. The number of amides is 1. The lowest BCUT2D eigenvalue weighted by atomic mass is 9.91. The fourth-order valence-corrected chi connectivity index (χ4v) is 6.61. The molecule has 8 nitrogen and oxygen atoms in total. The molecule has 0 saturated carbocycles.